The van der Waals surface area contributed by atoms with Crippen molar-refractivity contribution in [3.63, 3.8) is 0 Å². The Kier molecular flexibility index (Phi) is 9.04. The van der Waals surface area contributed by atoms with E-state index in [1.165, 1.54) is 11.1 Å². The maximum absolute atomic E-state index is 5.87. The minimum absolute atomic E-state index is 0.587. The van der Waals surface area contributed by atoms with E-state index >= 15 is 0 Å². The Labute approximate surface area is 229 Å². The zero-order valence-corrected chi connectivity index (χ0v) is 22.2. The molecule has 0 unspecified atom stereocenters. The third-order valence-electron chi connectivity index (χ3n) is 6.69. The van der Waals surface area contributed by atoms with Gasteiger partial charge in [-0.15, -0.1) is 10.2 Å². The predicted octanol–water partition coefficient (Wildman–Crippen LogP) is 4.13. The van der Waals surface area contributed by atoms with Crippen molar-refractivity contribution < 1.29 is 4.74 Å². The summed E-state index contributed by atoms with van der Waals surface area (Å²) in [6.45, 7) is 7.07. The second-order valence-corrected chi connectivity index (χ2v) is 9.75. The van der Waals surface area contributed by atoms with Gasteiger partial charge in [0.2, 0.25) is 5.82 Å². The first-order chi connectivity index (χ1) is 18.8. The molecule has 9 heteroatoms. The van der Waals surface area contributed by atoms with Crippen LogP contribution in [0.2, 0.25) is 0 Å². The quantitative estimate of drug-likeness (QED) is 0.235. The number of hydrogen-bond donors (Lipinski definition) is 2. The standard InChI is InChI=1S/C29H33N7OS/c38-29(30-15-6-16-35-17-19-37-20-18-35)36(21-23-7-2-1-3-8-23)22-24-11-13-25(14-12-24)26-9-4-5-10-27(26)28-31-33-34-32-28/h1-5,7-14H,6,15-22H2,(H,30,38)(H,31,32,33,34). The van der Waals surface area contributed by atoms with Crippen molar-refractivity contribution in [2.24, 2.45) is 0 Å². The van der Waals surface area contributed by atoms with E-state index in [4.69, 9.17) is 17.0 Å². The topological polar surface area (TPSA) is 82.2 Å². The molecule has 3 aromatic carbocycles. The molecule has 1 fully saturated rings. The highest BCUT2D eigenvalue weighted by atomic mass is 32.1. The molecule has 2 N–H and O–H groups in total. The Bertz CT molecular complexity index is 1280. The van der Waals surface area contributed by atoms with E-state index in [0.29, 0.717) is 5.82 Å². The predicted molar refractivity (Wildman–Crippen MR) is 153 cm³/mol. The lowest BCUT2D eigenvalue weighted by molar-refractivity contribution is 0.0376. The Balaban J connectivity index is 1.25. The molecule has 196 valence electrons. The van der Waals surface area contributed by atoms with E-state index in [1.807, 2.05) is 24.3 Å². The number of aromatic nitrogens is 4. The molecule has 0 radical (unpaired) electrons. The number of aromatic amines is 1. The molecule has 0 saturated carbocycles. The molecule has 0 aliphatic carbocycles. The fraction of sp³-hybridized carbons (Fsp3) is 0.310. The summed E-state index contributed by atoms with van der Waals surface area (Å²) in [7, 11) is 0. The Morgan fingerprint density at radius 1 is 0.895 bits per heavy atom. The molecular formula is C29H33N7OS. The summed E-state index contributed by atoms with van der Waals surface area (Å²) in [5.74, 6) is 0.587. The minimum Gasteiger partial charge on any atom is -0.379 e. The molecule has 8 nitrogen and oxygen atoms in total. The largest absolute Gasteiger partial charge is 0.379 e. The van der Waals surface area contributed by atoms with Crippen LogP contribution in [0.1, 0.15) is 17.5 Å². The molecule has 0 bridgehead atoms. The summed E-state index contributed by atoms with van der Waals surface area (Å²) in [6.07, 6.45) is 1.05. The summed E-state index contributed by atoms with van der Waals surface area (Å²) < 4.78 is 5.45. The number of thiocarbonyl (C=S) groups is 1. The zero-order chi connectivity index (χ0) is 26.0. The highest BCUT2D eigenvalue weighted by Crippen LogP contribution is 2.30. The summed E-state index contributed by atoms with van der Waals surface area (Å²) in [6, 6.07) is 27.2. The number of tetrazole rings is 1. The number of morpholine rings is 1. The third kappa shape index (κ3) is 7.00. The van der Waals surface area contributed by atoms with Gasteiger partial charge in [0.25, 0.3) is 0 Å². The summed E-state index contributed by atoms with van der Waals surface area (Å²) >= 11 is 5.87. The number of benzene rings is 3. The summed E-state index contributed by atoms with van der Waals surface area (Å²) in [4.78, 5) is 4.69. The average molecular weight is 528 g/mol. The number of ether oxygens (including phenoxy) is 1. The second kappa shape index (κ2) is 13.2. The number of nitrogens with one attached hydrogen (secondary N) is 2. The van der Waals surface area contributed by atoms with E-state index in [-0.39, 0.29) is 0 Å². The van der Waals surface area contributed by atoms with Crippen LogP contribution >= 0.6 is 12.2 Å². The van der Waals surface area contributed by atoms with Crippen molar-refractivity contribution >= 4 is 17.3 Å². The molecule has 4 aromatic rings. The van der Waals surface area contributed by atoms with Crippen molar-refractivity contribution in [3.8, 4) is 22.5 Å². The van der Waals surface area contributed by atoms with Crippen LogP contribution < -0.4 is 5.32 Å². The van der Waals surface area contributed by atoms with Crippen LogP contribution in [-0.4, -0.2) is 74.9 Å². The van der Waals surface area contributed by atoms with Gasteiger partial charge < -0.3 is 15.0 Å². The first-order valence-corrected chi connectivity index (χ1v) is 13.5. The van der Waals surface area contributed by atoms with E-state index in [9.17, 15) is 0 Å². The monoisotopic (exact) mass is 527 g/mol. The van der Waals surface area contributed by atoms with Crippen molar-refractivity contribution in [3.05, 3.63) is 90.0 Å². The number of rotatable bonds is 10. The smallest absolute Gasteiger partial charge is 0.205 e. The second-order valence-electron chi connectivity index (χ2n) is 9.36. The molecule has 0 atom stereocenters. The van der Waals surface area contributed by atoms with Gasteiger partial charge in [-0.1, -0.05) is 78.9 Å². The van der Waals surface area contributed by atoms with Gasteiger partial charge in [-0.2, -0.15) is 5.21 Å². The van der Waals surface area contributed by atoms with Gasteiger partial charge in [0.1, 0.15) is 0 Å². The van der Waals surface area contributed by atoms with Crippen molar-refractivity contribution in [2.75, 3.05) is 39.4 Å². The van der Waals surface area contributed by atoms with E-state index in [0.717, 1.165) is 80.7 Å². The summed E-state index contributed by atoms with van der Waals surface area (Å²) in [5.41, 5.74) is 5.54. The molecule has 1 aliphatic rings. The molecule has 1 saturated heterocycles. The van der Waals surface area contributed by atoms with Crippen LogP contribution in [0, 0.1) is 0 Å². The fourth-order valence-electron chi connectivity index (χ4n) is 4.65. The van der Waals surface area contributed by atoms with Crippen LogP contribution in [0.15, 0.2) is 78.9 Å². The first kappa shape index (κ1) is 26.0. The van der Waals surface area contributed by atoms with Crippen LogP contribution in [0.5, 0.6) is 0 Å². The normalized spacial score (nSPS) is 13.8. The fourth-order valence-corrected chi connectivity index (χ4v) is 4.88. The van der Waals surface area contributed by atoms with Crippen molar-refractivity contribution in [2.45, 2.75) is 19.5 Å². The van der Waals surface area contributed by atoms with Crippen LogP contribution in [-0.2, 0) is 17.8 Å². The number of nitrogens with zero attached hydrogens (tertiary/aromatic N) is 5. The lowest BCUT2D eigenvalue weighted by Gasteiger charge is -2.28. The van der Waals surface area contributed by atoms with Gasteiger partial charge in [-0.05, 0) is 52.7 Å². The molecule has 5 rings (SSSR count). The van der Waals surface area contributed by atoms with E-state index < -0.39 is 0 Å². The Hall–Kier alpha value is -3.66. The van der Waals surface area contributed by atoms with Gasteiger partial charge in [0.05, 0.1) is 13.2 Å². The number of hydrogen-bond acceptors (Lipinski definition) is 6. The minimum atomic E-state index is 0.587. The molecule has 2 heterocycles. The Morgan fingerprint density at radius 2 is 1.58 bits per heavy atom. The first-order valence-electron chi connectivity index (χ1n) is 13.1. The SMILES string of the molecule is S=C(NCCCN1CCOCC1)N(Cc1ccccc1)Cc1ccc(-c2ccccc2-c2nn[nH]n2)cc1. The van der Waals surface area contributed by atoms with E-state index in [2.05, 4.69) is 90.3 Å². The molecule has 0 amide bonds. The van der Waals surface area contributed by atoms with Crippen LogP contribution in [0.3, 0.4) is 0 Å². The number of H-pyrrole nitrogens is 1. The van der Waals surface area contributed by atoms with Crippen molar-refractivity contribution in [1.82, 2.24) is 35.7 Å². The van der Waals surface area contributed by atoms with Gasteiger partial charge in [-0.25, -0.2) is 0 Å². The van der Waals surface area contributed by atoms with E-state index in [1.54, 1.807) is 0 Å². The van der Waals surface area contributed by atoms with Gasteiger partial charge in [0.15, 0.2) is 5.11 Å². The van der Waals surface area contributed by atoms with Gasteiger partial charge >= 0.3 is 0 Å². The average Bonchev–Trinajstić information content (AvgIpc) is 3.52. The zero-order valence-electron chi connectivity index (χ0n) is 21.4. The maximum Gasteiger partial charge on any atom is 0.205 e. The molecule has 1 aliphatic heterocycles. The van der Waals surface area contributed by atoms with Gasteiger partial charge in [-0.3, -0.25) is 4.90 Å². The van der Waals surface area contributed by atoms with Crippen LogP contribution in [0.4, 0.5) is 0 Å². The summed E-state index contributed by atoms with van der Waals surface area (Å²) in [5, 5.41) is 18.9. The van der Waals surface area contributed by atoms with Crippen LogP contribution in [0.25, 0.3) is 22.5 Å². The molecule has 38 heavy (non-hydrogen) atoms. The highest BCUT2D eigenvalue weighted by molar-refractivity contribution is 7.80. The van der Waals surface area contributed by atoms with Crippen molar-refractivity contribution in [1.29, 1.82) is 0 Å². The third-order valence-corrected chi connectivity index (χ3v) is 7.09. The molecule has 0 spiro atoms. The lowest BCUT2D eigenvalue weighted by Crippen LogP contribution is -2.41. The van der Waals surface area contributed by atoms with Gasteiger partial charge in [0, 0.05) is 38.3 Å². The highest BCUT2D eigenvalue weighted by Gasteiger charge is 2.14. The Morgan fingerprint density at radius 3 is 2.29 bits per heavy atom. The molecular weight excluding hydrogens is 494 g/mol. The lowest BCUT2D eigenvalue weighted by atomic mass is 9.98. The maximum atomic E-state index is 5.87. The molecule has 1 aromatic heterocycles.